The molecule has 3 aromatic carbocycles. The Labute approximate surface area is 207 Å². The molecule has 0 radical (unpaired) electrons. The lowest BCUT2D eigenvalue weighted by molar-refractivity contribution is -0.136. The molecule has 0 aliphatic carbocycles. The monoisotopic (exact) mass is 523 g/mol. The summed E-state index contributed by atoms with van der Waals surface area (Å²) in [7, 11) is 0. The Kier molecular flexibility index (Phi) is 9.22. The highest BCUT2D eigenvalue weighted by atomic mass is 79.9. The zero-order valence-corrected chi connectivity index (χ0v) is 20.6. The van der Waals surface area contributed by atoms with Gasteiger partial charge in [-0.15, -0.1) is 0 Å². The molecular formula is C26H26BrN3O4. The minimum Gasteiger partial charge on any atom is -0.490 e. The van der Waals surface area contributed by atoms with Gasteiger partial charge in [0, 0.05) is 10.2 Å². The summed E-state index contributed by atoms with van der Waals surface area (Å²) >= 11 is 3.42. The summed E-state index contributed by atoms with van der Waals surface area (Å²) in [5.41, 5.74) is 5.62. The maximum absolute atomic E-state index is 12.1. The lowest BCUT2D eigenvalue weighted by Crippen LogP contribution is -2.32. The molecule has 34 heavy (non-hydrogen) atoms. The van der Waals surface area contributed by atoms with Gasteiger partial charge in [0.25, 0.3) is 0 Å². The molecule has 0 fully saturated rings. The third-order valence-corrected chi connectivity index (χ3v) is 5.31. The van der Waals surface area contributed by atoms with Gasteiger partial charge in [-0.05, 0) is 72.5 Å². The van der Waals surface area contributed by atoms with E-state index in [9.17, 15) is 9.59 Å². The molecule has 176 valence electrons. The van der Waals surface area contributed by atoms with Gasteiger partial charge in [-0.3, -0.25) is 9.59 Å². The Morgan fingerprint density at radius 2 is 1.59 bits per heavy atom. The van der Waals surface area contributed by atoms with Crippen molar-refractivity contribution in [3.05, 3.63) is 87.9 Å². The second-order valence-electron chi connectivity index (χ2n) is 7.26. The van der Waals surface area contributed by atoms with Gasteiger partial charge in [0.05, 0.1) is 12.8 Å². The van der Waals surface area contributed by atoms with Crippen LogP contribution in [-0.4, -0.2) is 24.6 Å². The van der Waals surface area contributed by atoms with E-state index < -0.39 is 11.8 Å². The highest BCUT2D eigenvalue weighted by Crippen LogP contribution is 2.29. The molecule has 0 aliphatic rings. The van der Waals surface area contributed by atoms with Crippen LogP contribution in [0.15, 0.2) is 76.3 Å². The molecule has 0 saturated carbocycles. The van der Waals surface area contributed by atoms with E-state index >= 15 is 0 Å². The smallest absolute Gasteiger partial charge is 0.329 e. The number of hydrogen-bond acceptors (Lipinski definition) is 5. The Balaban J connectivity index is 1.57. The van der Waals surface area contributed by atoms with Crippen LogP contribution in [0.2, 0.25) is 0 Å². The first-order chi connectivity index (χ1) is 16.5. The largest absolute Gasteiger partial charge is 0.490 e. The normalized spacial score (nSPS) is 10.7. The third kappa shape index (κ3) is 7.45. The summed E-state index contributed by atoms with van der Waals surface area (Å²) in [5.74, 6) is -0.508. The molecule has 0 bridgehead atoms. The van der Waals surface area contributed by atoms with Crippen LogP contribution < -0.4 is 20.2 Å². The number of ether oxygens (including phenoxy) is 2. The van der Waals surface area contributed by atoms with E-state index in [0.717, 1.165) is 22.0 Å². The van der Waals surface area contributed by atoms with Crippen molar-refractivity contribution in [3.8, 4) is 11.5 Å². The minimum absolute atomic E-state index is 0.396. The molecule has 3 rings (SSSR count). The fraction of sp³-hybridized carbons (Fsp3) is 0.192. The van der Waals surface area contributed by atoms with Crippen molar-refractivity contribution in [2.45, 2.75) is 26.9 Å². The summed E-state index contributed by atoms with van der Waals surface area (Å²) < 4.78 is 12.6. The van der Waals surface area contributed by atoms with Crippen molar-refractivity contribution in [2.24, 2.45) is 5.10 Å². The van der Waals surface area contributed by atoms with E-state index in [1.54, 1.807) is 30.3 Å². The molecule has 3 aromatic rings. The maximum atomic E-state index is 12.1. The molecule has 0 atom stereocenters. The van der Waals surface area contributed by atoms with Gasteiger partial charge in [-0.1, -0.05) is 47.1 Å². The Bertz CT molecular complexity index is 1150. The van der Waals surface area contributed by atoms with Crippen LogP contribution in [-0.2, 0) is 22.6 Å². The number of hydrogen-bond donors (Lipinski definition) is 2. The quantitative estimate of drug-likeness (QED) is 0.232. The molecule has 7 nitrogen and oxygen atoms in total. The van der Waals surface area contributed by atoms with E-state index in [1.165, 1.54) is 6.21 Å². The number of carbonyl (C=O) groups is 2. The van der Waals surface area contributed by atoms with Crippen molar-refractivity contribution in [1.82, 2.24) is 5.43 Å². The Morgan fingerprint density at radius 1 is 0.882 bits per heavy atom. The number of carbonyl (C=O) groups excluding carboxylic acids is 2. The first-order valence-electron chi connectivity index (χ1n) is 10.9. The molecule has 2 N–H and O–H groups in total. The van der Waals surface area contributed by atoms with Crippen LogP contribution in [0.3, 0.4) is 0 Å². The fourth-order valence-electron chi connectivity index (χ4n) is 2.96. The average Bonchev–Trinajstić information content (AvgIpc) is 2.85. The molecule has 0 spiro atoms. The highest BCUT2D eigenvalue weighted by Gasteiger charge is 2.13. The fourth-order valence-corrected chi connectivity index (χ4v) is 3.23. The molecule has 2 amide bonds. The standard InChI is InChI=1S/C26H26BrN3O4/c1-3-18-7-12-22(13-8-18)29-25(31)26(32)30-28-16-20-9-14-23(24(15-20)33-4-2)34-17-19-5-10-21(27)11-6-19/h5-16H,3-4,17H2,1-2H3,(H,29,31)(H,30,32)/b28-16-. The third-order valence-electron chi connectivity index (χ3n) is 4.78. The molecule has 0 aliphatic heterocycles. The van der Waals surface area contributed by atoms with Gasteiger partial charge < -0.3 is 14.8 Å². The summed E-state index contributed by atoms with van der Waals surface area (Å²) in [6, 6.07) is 20.5. The van der Waals surface area contributed by atoms with Crippen LogP contribution in [0.25, 0.3) is 0 Å². The number of benzene rings is 3. The summed E-state index contributed by atoms with van der Waals surface area (Å²) in [6.07, 6.45) is 2.33. The van der Waals surface area contributed by atoms with Crippen LogP contribution in [0.5, 0.6) is 11.5 Å². The second kappa shape index (κ2) is 12.6. The summed E-state index contributed by atoms with van der Waals surface area (Å²) in [6.45, 7) is 4.79. The molecule has 0 heterocycles. The predicted molar refractivity (Wildman–Crippen MR) is 136 cm³/mol. The zero-order valence-electron chi connectivity index (χ0n) is 19.0. The van der Waals surface area contributed by atoms with Gasteiger partial charge >= 0.3 is 11.8 Å². The molecule has 0 saturated heterocycles. The molecular weight excluding hydrogens is 498 g/mol. The van der Waals surface area contributed by atoms with Crippen LogP contribution in [0.1, 0.15) is 30.5 Å². The van der Waals surface area contributed by atoms with Gasteiger partial charge in [-0.25, -0.2) is 5.43 Å². The predicted octanol–water partition coefficient (Wildman–Crippen LogP) is 5.08. The van der Waals surface area contributed by atoms with Crippen molar-refractivity contribution in [2.75, 3.05) is 11.9 Å². The number of nitrogens with zero attached hydrogens (tertiary/aromatic N) is 1. The first-order valence-corrected chi connectivity index (χ1v) is 11.6. The second-order valence-corrected chi connectivity index (χ2v) is 8.17. The molecule has 0 unspecified atom stereocenters. The number of hydrazone groups is 1. The van der Waals surface area contributed by atoms with E-state index in [4.69, 9.17) is 9.47 Å². The maximum Gasteiger partial charge on any atom is 0.329 e. The number of rotatable bonds is 9. The topological polar surface area (TPSA) is 89.0 Å². The number of aryl methyl sites for hydroxylation is 1. The van der Waals surface area contributed by atoms with Crippen LogP contribution >= 0.6 is 15.9 Å². The lowest BCUT2D eigenvalue weighted by atomic mass is 10.1. The van der Waals surface area contributed by atoms with E-state index in [0.29, 0.717) is 36.0 Å². The Morgan fingerprint density at radius 3 is 2.26 bits per heavy atom. The van der Waals surface area contributed by atoms with Gasteiger partial charge in [-0.2, -0.15) is 5.10 Å². The summed E-state index contributed by atoms with van der Waals surface area (Å²) in [5, 5.41) is 6.42. The van der Waals surface area contributed by atoms with Crippen molar-refractivity contribution < 1.29 is 19.1 Å². The van der Waals surface area contributed by atoms with Crippen LogP contribution in [0.4, 0.5) is 5.69 Å². The zero-order chi connectivity index (χ0) is 24.3. The average molecular weight is 524 g/mol. The van der Waals surface area contributed by atoms with Crippen LogP contribution in [0, 0.1) is 0 Å². The highest BCUT2D eigenvalue weighted by molar-refractivity contribution is 9.10. The SMILES string of the molecule is CCOc1cc(/C=N\NC(=O)C(=O)Nc2ccc(CC)cc2)ccc1OCc1ccc(Br)cc1. The first kappa shape index (κ1) is 25.0. The van der Waals surface area contributed by atoms with Gasteiger partial charge in [0.1, 0.15) is 6.61 Å². The molecule has 8 heteroatoms. The van der Waals surface area contributed by atoms with Crippen molar-refractivity contribution >= 4 is 39.6 Å². The minimum atomic E-state index is -0.865. The molecule has 0 aromatic heterocycles. The number of halogens is 1. The van der Waals surface area contributed by atoms with E-state index in [1.807, 2.05) is 50.2 Å². The lowest BCUT2D eigenvalue weighted by Gasteiger charge is -2.12. The number of amides is 2. The van der Waals surface area contributed by atoms with Crippen molar-refractivity contribution in [1.29, 1.82) is 0 Å². The van der Waals surface area contributed by atoms with Gasteiger partial charge in [0.15, 0.2) is 11.5 Å². The van der Waals surface area contributed by atoms with E-state index in [2.05, 4.69) is 31.8 Å². The Hall–Kier alpha value is -3.65. The van der Waals surface area contributed by atoms with Gasteiger partial charge in [0.2, 0.25) is 0 Å². The van der Waals surface area contributed by atoms with E-state index in [-0.39, 0.29) is 0 Å². The number of anilines is 1. The number of nitrogens with one attached hydrogen (secondary N) is 2. The van der Waals surface area contributed by atoms with Crippen molar-refractivity contribution in [3.63, 3.8) is 0 Å². The summed E-state index contributed by atoms with van der Waals surface area (Å²) in [4.78, 5) is 24.1.